The lowest BCUT2D eigenvalue weighted by atomic mass is 9.79. The first-order valence-electron chi connectivity index (χ1n) is 10.3. The number of carbonyl (C=O) groups is 2. The van der Waals surface area contributed by atoms with Crippen molar-refractivity contribution in [2.75, 3.05) is 10.2 Å². The third kappa shape index (κ3) is 4.49. The first-order chi connectivity index (χ1) is 15.0. The molecule has 10 heteroatoms. The molecule has 2 N–H and O–H groups in total. The van der Waals surface area contributed by atoms with Crippen LogP contribution in [0.2, 0.25) is 0 Å². The van der Waals surface area contributed by atoms with Crippen molar-refractivity contribution in [3.8, 4) is 5.75 Å². The van der Waals surface area contributed by atoms with E-state index in [4.69, 9.17) is 4.74 Å². The van der Waals surface area contributed by atoms with Gasteiger partial charge in [0.15, 0.2) is 6.10 Å². The molecule has 1 aromatic heterocycles. The highest BCUT2D eigenvalue weighted by Gasteiger charge is 2.35. The molecule has 0 saturated heterocycles. The molecule has 0 radical (unpaired) electrons. The average molecular weight is 448 g/mol. The van der Waals surface area contributed by atoms with Crippen LogP contribution in [0.5, 0.6) is 5.75 Å². The normalized spacial score (nSPS) is 19.5. The molecule has 170 valence electrons. The lowest BCUT2D eigenvalue weighted by molar-refractivity contribution is -0.141. The number of carbonyl (C=O) groups excluding carboxylic acids is 2. The molecule has 1 fully saturated rings. The number of aromatic nitrogens is 1. The maximum atomic E-state index is 13.0. The smallest absolute Gasteiger partial charge is 0.433 e. The van der Waals surface area contributed by atoms with Gasteiger partial charge in [-0.05, 0) is 57.4 Å². The van der Waals surface area contributed by atoms with Crippen molar-refractivity contribution in [1.29, 1.82) is 0 Å². The maximum absolute atomic E-state index is 13.0. The molecule has 4 rings (SSSR count). The van der Waals surface area contributed by atoms with Crippen LogP contribution in [-0.2, 0) is 17.5 Å². The quantitative estimate of drug-likeness (QED) is 0.723. The van der Waals surface area contributed by atoms with Gasteiger partial charge in [0.2, 0.25) is 0 Å². The number of hydrogen-bond donors (Lipinski definition) is 2. The predicted octanol–water partition coefficient (Wildman–Crippen LogP) is 4.48. The number of amides is 3. The average Bonchev–Trinajstić information content (AvgIpc) is 2.69. The lowest BCUT2D eigenvalue weighted by Crippen LogP contribution is -2.52. The molecule has 0 bridgehead atoms. The van der Waals surface area contributed by atoms with E-state index in [2.05, 4.69) is 15.6 Å². The van der Waals surface area contributed by atoms with E-state index >= 15 is 0 Å². The number of rotatable bonds is 4. The minimum absolute atomic E-state index is 0.101. The lowest BCUT2D eigenvalue weighted by Gasteiger charge is -2.39. The zero-order chi connectivity index (χ0) is 23.1. The second kappa shape index (κ2) is 7.99. The molecule has 32 heavy (non-hydrogen) atoms. The predicted molar refractivity (Wildman–Crippen MR) is 111 cm³/mol. The Hall–Kier alpha value is -3.30. The molecule has 1 saturated carbocycles. The van der Waals surface area contributed by atoms with Gasteiger partial charge in [0.05, 0.1) is 17.9 Å². The van der Waals surface area contributed by atoms with Gasteiger partial charge in [-0.15, -0.1) is 0 Å². The maximum Gasteiger partial charge on any atom is 0.433 e. The number of nitrogens with zero attached hydrogens (tertiary/aromatic N) is 2. The molecule has 1 aliphatic carbocycles. The molecule has 2 aromatic rings. The minimum atomic E-state index is -4.58. The van der Waals surface area contributed by atoms with Crippen molar-refractivity contribution >= 4 is 23.3 Å². The Bertz CT molecular complexity index is 1050. The number of urea groups is 1. The fourth-order valence-electron chi connectivity index (χ4n) is 3.81. The van der Waals surface area contributed by atoms with Gasteiger partial charge in [-0.25, -0.2) is 9.78 Å². The van der Waals surface area contributed by atoms with Crippen LogP contribution in [0.3, 0.4) is 0 Å². The Balaban J connectivity index is 1.55. The highest BCUT2D eigenvalue weighted by Crippen LogP contribution is 2.37. The third-order valence-electron chi connectivity index (χ3n) is 5.72. The molecule has 2 aliphatic rings. The van der Waals surface area contributed by atoms with Crippen LogP contribution < -0.4 is 20.3 Å². The van der Waals surface area contributed by atoms with E-state index in [0.717, 1.165) is 25.3 Å². The number of nitrogens with one attached hydrogen (secondary N) is 2. The van der Waals surface area contributed by atoms with Gasteiger partial charge in [0.25, 0.3) is 5.91 Å². The Morgan fingerprint density at radius 2 is 2.03 bits per heavy atom. The molecule has 1 aliphatic heterocycles. The molecule has 2 heterocycles. The van der Waals surface area contributed by atoms with Crippen molar-refractivity contribution in [1.82, 2.24) is 10.3 Å². The number of hydrogen-bond acceptors (Lipinski definition) is 4. The van der Waals surface area contributed by atoms with E-state index in [-0.39, 0.29) is 23.8 Å². The summed E-state index contributed by atoms with van der Waals surface area (Å²) in [5, 5.41) is 5.70. The number of halogens is 3. The van der Waals surface area contributed by atoms with Crippen LogP contribution >= 0.6 is 0 Å². The summed E-state index contributed by atoms with van der Waals surface area (Å²) in [6, 6.07) is 8.03. The largest absolute Gasteiger partial charge is 0.479 e. The Morgan fingerprint density at radius 1 is 1.28 bits per heavy atom. The summed E-state index contributed by atoms with van der Waals surface area (Å²) in [5.74, 6) is -0.0511. The topological polar surface area (TPSA) is 83.6 Å². The van der Waals surface area contributed by atoms with Crippen LogP contribution in [-0.4, -0.2) is 28.6 Å². The Labute approximate surface area is 183 Å². The third-order valence-corrected chi connectivity index (χ3v) is 5.72. The minimum Gasteiger partial charge on any atom is -0.479 e. The van der Waals surface area contributed by atoms with Crippen molar-refractivity contribution in [2.24, 2.45) is 0 Å². The van der Waals surface area contributed by atoms with E-state index < -0.39 is 23.9 Å². The molecule has 1 unspecified atom stereocenters. The number of fused-ring (bicyclic) bond motifs is 1. The summed E-state index contributed by atoms with van der Waals surface area (Å²) >= 11 is 0. The SMILES string of the molecule is CC1Oc2cc(NC(=O)NC3(C)CCC3)ccc2N(Cc2cccc(C(F)(F)F)n2)C1=O. The van der Waals surface area contributed by atoms with Crippen molar-refractivity contribution in [3.63, 3.8) is 0 Å². The summed E-state index contributed by atoms with van der Waals surface area (Å²) in [4.78, 5) is 30.0. The van der Waals surface area contributed by atoms with Crippen molar-refractivity contribution in [2.45, 2.75) is 57.5 Å². The van der Waals surface area contributed by atoms with Gasteiger partial charge >= 0.3 is 12.2 Å². The number of benzene rings is 1. The zero-order valence-electron chi connectivity index (χ0n) is 17.6. The number of pyridine rings is 1. The first kappa shape index (κ1) is 21.9. The van der Waals surface area contributed by atoms with Crippen LogP contribution in [0.15, 0.2) is 36.4 Å². The number of alkyl halides is 3. The summed E-state index contributed by atoms with van der Waals surface area (Å²) in [7, 11) is 0. The number of anilines is 2. The molecular formula is C22H23F3N4O3. The fourth-order valence-corrected chi connectivity index (χ4v) is 3.81. The molecule has 7 nitrogen and oxygen atoms in total. The molecule has 1 aromatic carbocycles. The van der Waals surface area contributed by atoms with Crippen molar-refractivity contribution < 1.29 is 27.5 Å². The second-order valence-corrected chi connectivity index (χ2v) is 8.37. The molecular weight excluding hydrogens is 425 g/mol. The summed E-state index contributed by atoms with van der Waals surface area (Å²) in [5.41, 5.74) is -0.255. The standard InChI is InChI=1S/C22H23F3N4O3/c1-13-19(30)29(12-15-5-3-6-18(26-15)22(23,24)25)16-8-7-14(11-17(16)32-13)27-20(31)28-21(2)9-4-10-21/h3,5-8,11,13H,4,9-10,12H2,1-2H3,(H2,27,28,31). The van der Waals surface area contributed by atoms with Crippen molar-refractivity contribution in [3.05, 3.63) is 47.8 Å². The van der Waals surface area contributed by atoms with E-state index in [1.54, 1.807) is 25.1 Å². The van der Waals surface area contributed by atoms with Gasteiger partial charge in [0.1, 0.15) is 11.4 Å². The van der Waals surface area contributed by atoms with Gasteiger partial charge < -0.3 is 15.4 Å². The van der Waals surface area contributed by atoms with E-state index in [9.17, 15) is 22.8 Å². The molecule has 1 atom stereocenters. The highest BCUT2D eigenvalue weighted by atomic mass is 19.4. The van der Waals surface area contributed by atoms with Gasteiger partial charge in [0, 0.05) is 17.3 Å². The molecule has 3 amide bonds. The Kier molecular flexibility index (Phi) is 5.47. The van der Waals surface area contributed by atoms with Crippen LogP contribution in [0.25, 0.3) is 0 Å². The second-order valence-electron chi connectivity index (χ2n) is 8.37. The van der Waals surface area contributed by atoms with Gasteiger partial charge in [-0.1, -0.05) is 6.07 Å². The van der Waals surface area contributed by atoms with Gasteiger partial charge in [-0.2, -0.15) is 13.2 Å². The Morgan fingerprint density at radius 3 is 2.69 bits per heavy atom. The summed E-state index contributed by atoms with van der Waals surface area (Å²) in [6.07, 6.45) is -2.50. The summed E-state index contributed by atoms with van der Waals surface area (Å²) < 4.78 is 44.7. The summed E-state index contributed by atoms with van der Waals surface area (Å²) in [6.45, 7) is 3.40. The highest BCUT2D eigenvalue weighted by molar-refractivity contribution is 6.00. The van der Waals surface area contributed by atoms with Gasteiger partial charge in [-0.3, -0.25) is 9.69 Å². The van der Waals surface area contributed by atoms with Crippen LogP contribution in [0.4, 0.5) is 29.3 Å². The van der Waals surface area contributed by atoms with E-state index in [0.29, 0.717) is 17.1 Å². The fraction of sp³-hybridized carbons (Fsp3) is 0.409. The van der Waals surface area contributed by atoms with Crippen LogP contribution in [0, 0.1) is 0 Å². The number of ether oxygens (including phenoxy) is 1. The zero-order valence-corrected chi connectivity index (χ0v) is 17.6. The first-order valence-corrected chi connectivity index (χ1v) is 10.3. The monoisotopic (exact) mass is 448 g/mol. The van der Waals surface area contributed by atoms with E-state index in [1.165, 1.54) is 17.0 Å². The molecule has 0 spiro atoms. The van der Waals surface area contributed by atoms with Crippen LogP contribution in [0.1, 0.15) is 44.5 Å². The van der Waals surface area contributed by atoms with E-state index in [1.807, 2.05) is 6.92 Å².